The molecule has 1 N–H and O–H groups in total. The van der Waals surface area contributed by atoms with E-state index in [2.05, 4.69) is 36.2 Å². The molecule has 2 rings (SSSR count). The molecule has 1 aromatic rings. The van der Waals surface area contributed by atoms with Gasteiger partial charge >= 0.3 is 0 Å². The van der Waals surface area contributed by atoms with E-state index < -0.39 is 0 Å². The molecule has 0 bridgehead atoms. The van der Waals surface area contributed by atoms with E-state index in [-0.39, 0.29) is 6.10 Å². The maximum absolute atomic E-state index is 5.70. The molecule has 2 atom stereocenters. The number of nitrogens with zero attached hydrogens (tertiary/aromatic N) is 3. The molecular formula is C15H28N4O2. The molecule has 0 saturated carbocycles. The Bertz CT molecular complexity index is 461. The van der Waals surface area contributed by atoms with Gasteiger partial charge in [0.05, 0.1) is 24.4 Å². The second-order valence-corrected chi connectivity index (χ2v) is 5.72. The standard InChI is InChI=1S/C15H28N4O2/c1-11-13(10-16-7-9-20-5)15(19(4)17-11)18(3)14-6-8-21-12(14)2/h12,14,16H,6-10H2,1-5H3. The van der Waals surface area contributed by atoms with Crippen LogP contribution in [0.1, 0.15) is 24.6 Å². The summed E-state index contributed by atoms with van der Waals surface area (Å²) in [6.07, 6.45) is 1.33. The highest BCUT2D eigenvalue weighted by molar-refractivity contribution is 5.50. The van der Waals surface area contributed by atoms with Crippen LogP contribution in [0.4, 0.5) is 5.82 Å². The highest BCUT2D eigenvalue weighted by Crippen LogP contribution is 2.28. The van der Waals surface area contributed by atoms with Gasteiger partial charge in [-0.3, -0.25) is 4.68 Å². The van der Waals surface area contributed by atoms with Gasteiger partial charge < -0.3 is 19.7 Å². The van der Waals surface area contributed by atoms with Crippen molar-refractivity contribution in [3.05, 3.63) is 11.3 Å². The lowest BCUT2D eigenvalue weighted by atomic mass is 10.1. The van der Waals surface area contributed by atoms with E-state index in [0.29, 0.717) is 6.04 Å². The van der Waals surface area contributed by atoms with Gasteiger partial charge in [-0.1, -0.05) is 0 Å². The van der Waals surface area contributed by atoms with Crippen molar-refractivity contribution < 1.29 is 9.47 Å². The van der Waals surface area contributed by atoms with Gasteiger partial charge in [0.2, 0.25) is 0 Å². The SMILES string of the molecule is COCCNCc1c(C)nn(C)c1N(C)C1CCOC1C. The quantitative estimate of drug-likeness (QED) is 0.763. The van der Waals surface area contributed by atoms with Gasteiger partial charge in [0.1, 0.15) is 5.82 Å². The topological polar surface area (TPSA) is 51.5 Å². The first-order valence-corrected chi connectivity index (χ1v) is 7.62. The number of rotatable bonds is 7. The number of nitrogens with one attached hydrogen (secondary N) is 1. The fourth-order valence-corrected chi connectivity index (χ4v) is 3.11. The zero-order valence-corrected chi connectivity index (χ0v) is 13.8. The molecule has 120 valence electrons. The van der Waals surface area contributed by atoms with Crippen molar-refractivity contribution in [3.63, 3.8) is 0 Å². The van der Waals surface area contributed by atoms with Crippen molar-refractivity contribution in [2.75, 3.05) is 38.8 Å². The van der Waals surface area contributed by atoms with Crippen LogP contribution in [-0.4, -0.2) is 55.8 Å². The predicted octanol–water partition coefficient (Wildman–Crippen LogP) is 1.08. The molecule has 0 amide bonds. The second kappa shape index (κ2) is 7.24. The molecule has 0 spiro atoms. The third-order valence-corrected chi connectivity index (χ3v) is 4.27. The molecule has 0 aromatic carbocycles. The van der Waals surface area contributed by atoms with Crippen LogP contribution >= 0.6 is 0 Å². The Morgan fingerprint density at radius 1 is 1.52 bits per heavy atom. The molecule has 0 aliphatic carbocycles. The van der Waals surface area contributed by atoms with Crippen molar-refractivity contribution in [2.24, 2.45) is 7.05 Å². The fraction of sp³-hybridized carbons (Fsp3) is 0.800. The summed E-state index contributed by atoms with van der Waals surface area (Å²) in [7, 11) is 5.88. The maximum Gasteiger partial charge on any atom is 0.131 e. The van der Waals surface area contributed by atoms with Crippen LogP contribution in [0.25, 0.3) is 0 Å². The second-order valence-electron chi connectivity index (χ2n) is 5.72. The minimum absolute atomic E-state index is 0.263. The average molecular weight is 296 g/mol. The van der Waals surface area contributed by atoms with E-state index in [4.69, 9.17) is 9.47 Å². The summed E-state index contributed by atoms with van der Waals surface area (Å²) < 4.78 is 12.8. The van der Waals surface area contributed by atoms with Crippen molar-refractivity contribution >= 4 is 5.82 Å². The van der Waals surface area contributed by atoms with Crippen molar-refractivity contribution in [1.29, 1.82) is 0 Å². The minimum atomic E-state index is 0.263. The van der Waals surface area contributed by atoms with Gasteiger partial charge in [-0.25, -0.2) is 0 Å². The summed E-state index contributed by atoms with van der Waals surface area (Å²) in [5.41, 5.74) is 2.34. The maximum atomic E-state index is 5.70. The molecular weight excluding hydrogens is 268 g/mol. The van der Waals surface area contributed by atoms with Crippen LogP contribution in [0.3, 0.4) is 0 Å². The van der Waals surface area contributed by atoms with Crippen LogP contribution in [0.5, 0.6) is 0 Å². The van der Waals surface area contributed by atoms with Gasteiger partial charge in [0.25, 0.3) is 0 Å². The Balaban J connectivity index is 2.13. The molecule has 1 aliphatic heterocycles. The highest BCUT2D eigenvalue weighted by atomic mass is 16.5. The van der Waals surface area contributed by atoms with E-state index in [0.717, 1.165) is 38.4 Å². The number of likely N-dealkylation sites (N-methyl/N-ethyl adjacent to an activating group) is 1. The molecule has 6 nitrogen and oxygen atoms in total. The monoisotopic (exact) mass is 296 g/mol. The molecule has 6 heteroatoms. The summed E-state index contributed by atoms with van der Waals surface area (Å²) in [5, 5.41) is 8.01. The highest BCUT2D eigenvalue weighted by Gasteiger charge is 2.31. The predicted molar refractivity (Wildman–Crippen MR) is 83.7 cm³/mol. The molecule has 21 heavy (non-hydrogen) atoms. The molecule has 0 radical (unpaired) electrons. The Labute approximate surface area is 127 Å². The fourth-order valence-electron chi connectivity index (χ4n) is 3.11. The van der Waals surface area contributed by atoms with Gasteiger partial charge in [-0.05, 0) is 20.3 Å². The number of ether oxygens (including phenoxy) is 2. The Morgan fingerprint density at radius 2 is 2.29 bits per heavy atom. The third kappa shape index (κ3) is 3.56. The summed E-state index contributed by atoms with van der Waals surface area (Å²) in [6.45, 7) is 7.43. The Morgan fingerprint density at radius 3 is 2.90 bits per heavy atom. The van der Waals surface area contributed by atoms with Crippen LogP contribution in [0.2, 0.25) is 0 Å². The van der Waals surface area contributed by atoms with Crippen LogP contribution in [0, 0.1) is 6.92 Å². The minimum Gasteiger partial charge on any atom is -0.383 e. The zero-order chi connectivity index (χ0) is 15.4. The Kier molecular flexibility index (Phi) is 5.61. The van der Waals surface area contributed by atoms with Crippen LogP contribution < -0.4 is 10.2 Å². The van der Waals surface area contributed by atoms with Gasteiger partial charge in [-0.2, -0.15) is 5.10 Å². The molecule has 1 fully saturated rings. The normalized spacial score (nSPS) is 22.0. The number of hydrogen-bond acceptors (Lipinski definition) is 5. The number of aromatic nitrogens is 2. The van der Waals surface area contributed by atoms with Crippen molar-refractivity contribution in [1.82, 2.24) is 15.1 Å². The summed E-state index contributed by atoms with van der Waals surface area (Å²) in [6, 6.07) is 0.414. The van der Waals surface area contributed by atoms with E-state index >= 15 is 0 Å². The van der Waals surface area contributed by atoms with Gasteiger partial charge in [-0.15, -0.1) is 0 Å². The molecule has 1 aliphatic rings. The van der Waals surface area contributed by atoms with Gasteiger partial charge in [0, 0.05) is 46.5 Å². The summed E-state index contributed by atoms with van der Waals surface area (Å²) in [4.78, 5) is 2.32. The number of methoxy groups -OCH3 is 1. The first kappa shape index (κ1) is 16.3. The molecule has 2 heterocycles. The lowest BCUT2D eigenvalue weighted by Crippen LogP contribution is -2.38. The first-order chi connectivity index (χ1) is 10.1. The van der Waals surface area contributed by atoms with E-state index in [1.807, 2.05) is 11.7 Å². The van der Waals surface area contributed by atoms with Gasteiger partial charge in [0.15, 0.2) is 0 Å². The number of aryl methyl sites for hydroxylation is 2. The van der Waals surface area contributed by atoms with Crippen LogP contribution in [-0.2, 0) is 23.1 Å². The molecule has 1 aromatic heterocycles. The number of anilines is 1. The zero-order valence-electron chi connectivity index (χ0n) is 13.8. The summed E-state index contributed by atoms with van der Waals surface area (Å²) in [5.74, 6) is 1.18. The largest absolute Gasteiger partial charge is 0.383 e. The smallest absolute Gasteiger partial charge is 0.131 e. The average Bonchev–Trinajstić information content (AvgIpc) is 2.98. The lowest BCUT2D eigenvalue weighted by Gasteiger charge is -2.29. The molecule has 1 saturated heterocycles. The van der Waals surface area contributed by atoms with E-state index in [1.54, 1.807) is 7.11 Å². The van der Waals surface area contributed by atoms with Crippen molar-refractivity contribution in [2.45, 2.75) is 39.0 Å². The first-order valence-electron chi connectivity index (χ1n) is 7.62. The van der Waals surface area contributed by atoms with Crippen LogP contribution in [0.15, 0.2) is 0 Å². The number of hydrogen-bond donors (Lipinski definition) is 1. The molecule has 2 unspecified atom stereocenters. The Hall–Kier alpha value is -1.11. The van der Waals surface area contributed by atoms with E-state index in [1.165, 1.54) is 11.4 Å². The third-order valence-electron chi connectivity index (χ3n) is 4.27. The van der Waals surface area contributed by atoms with E-state index in [9.17, 15) is 0 Å². The summed E-state index contributed by atoms with van der Waals surface area (Å²) >= 11 is 0. The lowest BCUT2D eigenvalue weighted by molar-refractivity contribution is 0.118. The van der Waals surface area contributed by atoms with Crippen molar-refractivity contribution in [3.8, 4) is 0 Å².